The Morgan fingerprint density at radius 1 is 0.750 bits per heavy atom. The molecule has 0 aliphatic carbocycles. The molecule has 0 bridgehead atoms. The van der Waals surface area contributed by atoms with E-state index in [9.17, 15) is 0 Å². The number of aromatic nitrogens is 3. The first-order valence-electron chi connectivity index (χ1n) is 9.63. The molecule has 0 N–H and O–H groups in total. The lowest BCUT2D eigenvalue weighted by Crippen LogP contribution is -2.49. The molecule has 1 aromatic heterocycles. The minimum absolute atomic E-state index is 0.557. The SMILES string of the molecule is C[Si](C)(C)[C@@]1(n2nnc3ccccc32)OC1(c1ccccc1)c1ccccc1. The van der Waals surface area contributed by atoms with Crippen LogP contribution in [0.4, 0.5) is 0 Å². The smallest absolute Gasteiger partial charge is 0.185 e. The Bertz CT molecular complexity index is 1100. The van der Waals surface area contributed by atoms with Gasteiger partial charge in [-0.15, -0.1) is 5.10 Å². The zero-order chi connectivity index (χ0) is 19.4. The van der Waals surface area contributed by atoms with E-state index in [1.165, 1.54) is 0 Å². The molecule has 28 heavy (non-hydrogen) atoms. The average Bonchev–Trinajstić information content (AvgIpc) is 3.28. The van der Waals surface area contributed by atoms with Gasteiger partial charge in [0, 0.05) is 0 Å². The topological polar surface area (TPSA) is 43.2 Å². The molecule has 0 amide bonds. The molecule has 0 unspecified atom stereocenters. The number of hydrogen-bond acceptors (Lipinski definition) is 3. The summed E-state index contributed by atoms with van der Waals surface area (Å²) < 4.78 is 8.95. The van der Waals surface area contributed by atoms with Crippen molar-refractivity contribution in [3.8, 4) is 0 Å². The van der Waals surface area contributed by atoms with Crippen LogP contribution in [0.25, 0.3) is 11.0 Å². The second-order valence-corrected chi connectivity index (χ2v) is 13.6. The van der Waals surface area contributed by atoms with Crippen LogP contribution in [0.2, 0.25) is 19.6 Å². The highest BCUT2D eigenvalue weighted by molar-refractivity contribution is 6.79. The van der Waals surface area contributed by atoms with E-state index in [0.717, 1.165) is 22.2 Å². The molecule has 3 aromatic carbocycles. The summed E-state index contributed by atoms with van der Waals surface area (Å²) in [5, 5.41) is 8.51. The molecule has 2 heterocycles. The summed E-state index contributed by atoms with van der Waals surface area (Å²) in [5.41, 5.74) is 3.65. The van der Waals surface area contributed by atoms with Gasteiger partial charge in [0.25, 0.3) is 0 Å². The Hall–Kier alpha value is -2.76. The van der Waals surface area contributed by atoms with Crippen LogP contribution in [0.5, 0.6) is 0 Å². The Balaban J connectivity index is 1.84. The molecular weight excluding hydrogens is 362 g/mol. The van der Waals surface area contributed by atoms with Crippen molar-refractivity contribution in [3.05, 3.63) is 96.1 Å². The van der Waals surface area contributed by atoms with E-state index in [1.807, 2.05) is 30.3 Å². The van der Waals surface area contributed by atoms with Crippen molar-refractivity contribution in [1.29, 1.82) is 0 Å². The molecule has 1 fully saturated rings. The number of hydrogen-bond donors (Lipinski definition) is 0. The first-order valence-corrected chi connectivity index (χ1v) is 13.1. The summed E-state index contributed by atoms with van der Waals surface area (Å²) in [6, 6.07) is 29.2. The van der Waals surface area contributed by atoms with E-state index in [4.69, 9.17) is 4.74 Å². The van der Waals surface area contributed by atoms with Crippen molar-refractivity contribution in [2.45, 2.75) is 30.6 Å². The van der Waals surface area contributed by atoms with E-state index in [-0.39, 0.29) is 0 Å². The molecule has 5 heteroatoms. The minimum atomic E-state index is -1.96. The predicted molar refractivity (Wildman–Crippen MR) is 114 cm³/mol. The van der Waals surface area contributed by atoms with Crippen LogP contribution in [-0.2, 0) is 15.7 Å². The molecule has 4 nitrogen and oxygen atoms in total. The number of rotatable bonds is 4. The summed E-state index contributed by atoms with van der Waals surface area (Å²) in [5.74, 6) is 0. The number of fused-ring (bicyclic) bond motifs is 1. The van der Waals surface area contributed by atoms with Crippen LogP contribution in [0.1, 0.15) is 11.1 Å². The molecule has 1 saturated heterocycles. The van der Waals surface area contributed by atoms with Crippen LogP contribution in [0.15, 0.2) is 84.9 Å². The summed E-state index contributed by atoms with van der Waals surface area (Å²) in [6.07, 6.45) is 0. The Morgan fingerprint density at radius 3 is 1.86 bits per heavy atom. The van der Waals surface area contributed by atoms with Crippen molar-refractivity contribution < 1.29 is 4.74 Å². The van der Waals surface area contributed by atoms with E-state index in [0.29, 0.717) is 0 Å². The molecule has 4 aromatic rings. The lowest BCUT2D eigenvalue weighted by molar-refractivity contribution is 0.263. The van der Waals surface area contributed by atoms with Gasteiger partial charge in [-0.25, -0.2) is 4.68 Å². The molecule has 140 valence electrons. The molecule has 5 rings (SSSR count). The molecule has 1 atom stereocenters. The number of epoxide rings is 1. The third-order valence-corrected chi connectivity index (χ3v) is 8.46. The maximum absolute atomic E-state index is 6.90. The van der Waals surface area contributed by atoms with Crippen LogP contribution < -0.4 is 0 Å². The molecule has 0 spiro atoms. The van der Waals surface area contributed by atoms with Gasteiger partial charge in [0.1, 0.15) is 13.6 Å². The van der Waals surface area contributed by atoms with Gasteiger partial charge in [0.15, 0.2) is 10.9 Å². The van der Waals surface area contributed by atoms with Crippen molar-refractivity contribution in [3.63, 3.8) is 0 Å². The van der Waals surface area contributed by atoms with Gasteiger partial charge in [-0.2, -0.15) is 0 Å². The third kappa shape index (κ3) is 2.14. The lowest BCUT2D eigenvalue weighted by atomic mass is 9.90. The van der Waals surface area contributed by atoms with Gasteiger partial charge in [-0.1, -0.05) is 97.7 Å². The van der Waals surface area contributed by atoms with E-state index >= 15 is 0 Å². The van der Waals surface area contributed by atoms with Gasteiger partial charge < -0.3 is 4.74 Å². The van der Waals surface area contributed by atoms with Crippen LogP contribution in [-0.4, -0.2) is 23.1 Å². The molecule has 0 radical (unpaired) electrons. The molecule has 1 aliphatic rings. The largest absolute Gasteiger partial charge is 0.333 e. The monoisotopic (exact) mass is 385 g/mol. The highest BCUT2D eigenvalue weighted by Crippen LogP contribution is 2.67. The van der Waals surface area contributed by atoms with Gasteiger partial charge in [0.05, 0.1) is 5.52 Å². The van der Waals surface area contributed by atoms with Crippen molar-refractivity contribution >= 4 is 19.1 Å². The van der Waals surface area contributed by atoms with Crippen molar-refractivity contribution in [2.24, 2.45) is 0 Å². The highest BCUT2D eigenvalue weighted by Gasteiger charge is 2.79. The van der Waals surface area contributed by atoms with Crippen molar-refractivity contribution in [1.82, 2.24) is 15.0 Å². The van der Waals surface area contributed by atoms with Crippen molar-refractivity contribution in [2.75, 3.05) is 0 Å². The fraction of sp³-hybridized carbons (Fsp3) is 0.217. The fourth-order valence-electron chi connectivity index (χ4n) is 4.51. The molecule has 0 saturated carbocycles. The molecular formula is C23H23N3OSi. The Labute approximate surface area is 165 Å². The highest BCUT2D eigenvalue weighted by atomic mass is 28.3. The van der Waals surface area contributed by atoms with E-state index < -0.39 is 19.0 Å². The minimum Gasteiger partial charge on any atom is -0.333 e. The maximum atomic E-state index is 6.90. The number of para-hydroxylation sites is 1. The Morgan fingerprint density at radius 2 is 1.29 bits per heavy atom. The first-order chi connectivity index (χ1) is 13.5. The summed E-state index contributed by atoms with van der Waals surface area (Å²) >= 11 is 0. The number of nitrogens with zero attached hydrogens (tertiary/aromatic N) is 3. The van der Waals surface area contributed by atoms with E-state index in [2.05, 4.69) is 89.2 Å². The van der Waals surface area contributed by atoms with Gasteiger partial charge in [-0.3, -0.25) is 0 Å². The molecule has 1 aliphatic heterocycles. The zero-order valence-corrected chi connectivity index (χ0v) is 17.3. The summed E-state index contributed by atoms with van der Waals surface area (Å²) in [6.45, 7) is 7.03. The fourth-order valence-corrected chi connectivity index (χ4v) is 7.12. The quantitative estimate of drug-likeness (QED) is 0.369. The first kappa shape index (κ1) is 17.3. The maximum Gasteiger partial charge on any atom is 0.185 e. The average molecular weight is 386 g/mol. The van der Waals surface area contributed by atoms with Crippen LogP contribution >= 0.6 is 0 Å². The predicted octanol–water partition coefficient (Wildman–Crippen LogP) is 4.94. The second kappa shape index (κ2) is 5.87. The normalized spacial score (nSPS) is 21.0. The standard InChI is InChI=1S/C23H23N3OSi/c1-28(2,3)23(26-21-17-11-10-16-20(21)24-25-26)22(27-23,18-12-6-4-7-13-18)19-14-8-5-9-15-19/h4-17H,1-3H3/t23-/m0/s1. The van der Waals surface area contributed by atoms with Gasteiger partial charge in [-0.05, 0) is 23.3 Å². The number of benzene rings is 3. The second-order valence-electron chi connectivity index (χ2n) is 8.40. The number of ether oxygens (including phenoxy) is 1. The summed E-state index contributed by atoms with van der Waals surface area (Å²) in [7, 11) is -1.96. The van der Waals surface area contributed by atoms with Gasteiger partial charge >= 0.3 is 0 Å². The zero-order valence-electron chi connectivity index (χ0n) is 16.3. The summed E-state index contributed by atoms with van der Waals surface area (Å²) in [4.78, 5) is 0. The third-order valence-electron chi connectivity index (χ3n) is 5.76. The Kier molecular flexibility index (Phi) is 3.63. The lowest BCUT2D eigenvalue weighted by Gasteiger charge is -2.31. The van der Waals surface area contributed by atoms with Crippen LogP contribution in [0, 0.1) is 0 Å². The van der Waals surface area contributed by atoms with Crippen LogP contribution in [0.3, 0.4) is 0 Å². The van der Waals surface area contributed by atoms with E-state index in [1.54, 1.807) is 0 Å². The van der Waals surface area contributed by atoms with Gasteiger partial charge in [0.2, 0.25) is 0 Å².